The summed E-state index contributed by atoms with van der Waals surface area (Å²) in [6, 6.07) is 9.20. The Morgan fingerprint density at radius 1 is 1.18 bits per heavy atom. The summed E-state index contributed by atoms with van der Waals surface area (Å²) >= 11 is 0. The molecule has 2 atom stereocenters. The van der Waals surface area contributed by atoms with Crippen LogP contribution >= 0.6 is 0 Å². The number of para-hydroxylation sites is 1. The summed E-state index contributed by atoms with van der Waals surface area (Å²) in [4.78, 5) is 23.5. The Morgan fingerprint density at radius 2 is 1.95 bits per heavy atom. The molecule has 22 heavy (non-hydrogen) atoms. The van der Waals surface area contributed by atoms with Gasteiger partial charge in [0.1, 0.15) is 5.75 Å². The second-order valence-electron chi connectivity index (χ2n) is 5.48. The summed E-state index contributed by atoms with van der Waals surface area (Å²) in [5.41, 5.74) is 5.68. The highest BCUT2D eigenvalue weighted by molar-refractivity contribution is 5.85. The Hall–Kier alpha value is -2.08. The van der Waals surface area contributed by atoms with Crippen molar-refractivity contribution in [3.05, 3.63) is 30.3 Å². The molecule has 4 N–H and O–H groups in total. The van der Waals surface area contributed by atoms with Gasteiger partial charge in [-0.3, -0.25) is 9.59 Å². The van der Waals surface area contributed by atoms with Crippen LogP contribution in [0.2, 0.25) is 0 Å². The molecule has 1 saturated carbocycles. The molecule has 0 aromatic heterocycles. The van der Waals surface area contributed by atoms with E-state index < -0.39 is 0 Å². The molecule has 2 amide bonds. The van der Waals surface area contributed by atoms with Gasteiger partial charge in [0.25, 0.3) is 5.91 Å². The van der Waals surface area contributed by atoms with Crippen molar-refractivity contribution < 1.29 is 14.3 Å². The molecule has 0 bridgehead atoms. The molecule has 2 unspecified atom stereocenters. The summed E-state index contributed by atoms with van der Waals surface area (Å²) in [5.74, 6) is 0.471. The van der Waals surface area contributed by atoms with E-state index in [4.69, 9.17) is 10.5 Å². The van der Waals surface area contributed by atoms with Gasteiger partial charge in [0.2, 0.25) is 5.91 Å². The molecule has 1 aliphatic rings. The number of nitrogens with two attached hydrogens (primary N) is 1. The number of carbonyl (C=O) groups excluding carboxylic acids is 2. The molecular weight excluding hydrogens is 282 g/mol. The summed E-state index contributed by atoms with van der Waals surface area (Å²) in [5, 5.41) is 5.49. The first-order valence-electron chi connectivity index (χ1n) is 7.63. The lowest BCUT2D eigenvalue weighted by Crippen LogP contribution is -2.45. The molecule has 6 nitrogen and oxygen atoms in total. The smallest absolute Gasteiger partial charge is 0.258 e. The average molecular weight is 305 g/mol. The van der Waals surface area contributed by atoms with Gasteiger partial charge in [-0.25, -0.2) is 0 Å². The number of hydrogen-bond acceptors (Lipinski definition) is 4. The molecule has 0 aliphatic heterocycles. The largest absolute Gasteiger partial charge is 0.484 e. The molecule has 1 fully saturated rings. The van der Waals surface area contributed by atoms with Crippen molar-refractivity contribution in [2.24, 2.45) is 11.7 Å². The number of benzene rings is 1. The number of amides is 2. The molecule has 1 aliphatic carbocycles. The van der Waals surface area contributed by atoms with E-state index in [0.717, 1.165) is 19.3 Å². The van der Waals surface area contributed by atoms with E-state index in [0.29, 0.717) is 18.2 Å². The van der Waals surface area contributed by atoms with Crippen LogP contribution in [0.4, 0.5) is 0 Å². The van der Waals surface area contributed by atoms with E-state index in [2.05, 4.69) is 10.6 Å². The van der Waals surface area contributed by atoms with Gasteiger partial charge >= 0.3 is 0 Å². The van der Waals surface area contributed by atoms with Crippen LogP contribution in [0.5, 0.6) is 5.75 Å². The van der Waals surface area contributed by atoms with Gasteiger partial charge in [0, 0.05) is 6.04 Å². The first-order valence-corrected chi connectivity index (χ1v) is 7.63. The molecule has 0 heterocycles. The quantitative estimate of drug-likeness (QED) is 0.681. The fourth-order valence-electron chi connectivity index (χ4n) is 2.66. The van der Waals surface area contributed by atoms with Crippen molar-refractivity contribution in [3.8, 4) is 5.75 Å². The van der Waals surface area contributed by atoms with Crippen molar-refractivity contribution in [3.63, 3.8) is 0 Å². The van der Waals surface area contributed by atoms with Crippen LogP contribution in [0.1, 0.15) is 19.3 Å². The van der Waals surface area contributed by atoms with Crippen LogP contribution in [0.25, 0.3) is 0 Å². The lowest BCUT2D eigenvalue weighted by Gasteiger charge is -2.19. The SMILES string of the molecule is NCC1CCCC1NC(=O)CNC(=O)COc1ccccc1. The highest BCUT2D eigenvalue weighted by Gasteiger charge is 2.27. The summed E-state index contributed by atoms with van der Waals surface area (Å²) in [6.45, 7) is 0.444. The van der Waals surface area contributed by atoms with Crippen LogP contribution in [0.15, 0.2) is 30.3 Å². The van der Waals surface area contributed by atoms with Gasteiger partial charge in [0.05, 0.1) is 6.54 Å². The number of hydrogen-bond donors (Lipinski definition) is 3. The molecule has 0 radical (unpaired) electrons. The van der Waals surface area contributed by atoms with Crippen LogP contribution < -0.4 is 21.1 Å². The molecule has 2 rings (SSSR count). The molecule has 120 valence electrons. The van der Waals surface area contributed by atoms with Gasteiger partial charge in [-0.2, -0.15) is 0 Å². The number of nitrogens with one attached hydrogen (secondary N) is 2. The lowest BCUT2D eigenvalue weighted by atomic mass is 10.0. The Labute approximate surface area is 130 Å². The fraction of sp³-hybridized carbons (Fsp3) is 0.500. The summed E-state index contributed by atoms with van der Waals surface area (Å²) in [6.07, 6.45) is 3.10. The first kappa shape index (κ1) is 16.3. The minimum Gasteiger partial charge on any atom is -0.484 e. The van der Waals surface area contributed by atoms with Gasteiger partial charge in [-0.15, -0.1) is 0 Å². The van der Waals surface area contributed by atoms with E-state index in [1.165, 1.54) is 0 Å². The van der Waals surface area contributed by atoms with E-state index in [9.17, 15) is 9.59 Å². The highest BCUT2D eigenvalue weighted by atomic mass is 16.5. The third-order valence-electron chi connectivity index (χ3n) is 3.87. The molecule has 0 saturated heterocycles. The van der Waals surface area contributed by atoms with E-state index >= 15 is 0 Å². The second-order valence-corrected chi connectivity index (χ2v) is 5.48. The third kappa shape index (κ3) is 5.04. The average Bonchev–Trinajstić information content (AvgIpc) is 2.99. The Bertz CT molecular complexity index is 493. The zero-order valence-corrected chi connectivity index (χ0v) is 12.6. The van der Waals surface area contributed by atoms with E-state index in [-0.39, 0.29) is 31.0 Å². The Balaban J connectivity index is 1.64. The summed E-state index contributed by atoms with van der Waals surface area (Å²) in [7, 11) is 0. The number of ether oxygens (including phenoxy) is 1. The summed E-state index contributed by atoms with van der Waals surface area (Å²) < 4.78 is 5.31. The van der Waals surface area contributed by atoms with E-state index in [1.54, 1.807) is 12.1 Å². The molecular formula is C16H23N3O3. The molecule has 6 heteroatoms. The fourth-order valence-corrected chi connectivity index (χ4v) is 2.66. The zero-order valence-electron chi connectivity index (χ0n) is 12.6. The first-order chi connectivity index (χ1) is 10.7. The molecule has 0 spiro atoms. The third-order valence-corrected chi connectivity index (χ3v) is 3.87. The molecule has 1 aromatic carbocycles. The van der Waals surface area contributed by atoms with E-state index in [1.807, 2.05) is 18.2 Å². The second kappa shape index (κ2) is 8.38. The zero-order chi connectivity index (χ0) is 15.8. The highest BCUT2D eigenvalue weighted by Crippen LogP contribution is 2.24. The van der Waals surface area contributed by atoms with Gasteiger partial charge in [0.15, 0.2) is 6.61 Å². The van der Waals surface area contributed by atoms with Gasteiger partial charge in [-0.05, 0) is 37.4 Å². The van der Waals surface area contributed by atoms with Crippen LogP contribution in [0.3, 0.4) is 0 Å². The predicted octanol–water partition coefficient (Wildman–Crippen LogP) is 0.425. The van der Waals surface area contributed by atoms with Gasteiger partial charge < -0.3 is 21.1 Å². The normalized spacial score (nSPS) is 20.4. The van der Waals surface area contributed by atoms with Crippen molar-refractivity contribution in [2.75, 3.05) is 19.7 Å². The Morgan fingerprint density at radius 3 is 2.68 bits per heavy atom. The molecule has 1 aromatic rings. The lowest BCUT2D eigenvalue weighted by molar-refractivity contribution is -0.127. The maximum atomic E-state index is 11.8. The Kier molecular flexibility index (Phi) is 6.21. The maximum absolute atomic E-state index is 11.8. The van der Waals surface area contributed by atoms with Crippen molar-refractivity contribution in [1.82, 2.24) is 10.6 Å². The van der Waals surface area contributed by atoms with Gasteiger partial charge in [-0.1, -0.05) is 24.6 Å². The van der Waals surface area contributed by atoms with Crippen molar-refractivity contribution in [2.45, 2.75) is 25.3 Å². The maximum Gasteiger partial charge on any atom is 0.258 e. The number of rotatable bonds is 7. The minimum absolute atomic E-state index is 0.0369. The predicted molar refractivity (Wildman–Crippen MR) is 83.3 cm³/mol. The van der Waals surface area contributed by atoms with Crippen LogP contribution in [-0.2, 0) is 9.59 Å². The van der Waals surface area contributed by atoms with Crippen LogP contribution in [-0.4, -0.2) is 37.6 Å². The number of carbonyl (C=O) groups is 2. The van der Waals surface area contributed by atoms with Crippen LogP contribution in [0, 0.1) is 5.92 Å². The minimum atomic E-state index is -0.319. The standard InChI is InChI=1S/C16H23N3O3/c17-9-12-5-4-8-14(12)19-15(20)10-18-16(21)11-22-13-6-2-1-3-7-13/h1-3,6-7,12,14H,4-5,8-11,17H2,(H,18,21)(H,19,20). The van der Waals surface area contributed by atoms with Crippen molar-refractivity contribution >= 4 is 11.8 Å². The monoisotopic (exact) mass is 305 g/mol. The topological polar surface area (TPSA) is 93.5 Å². The van der Waals surface area contributed by atoms with Crippen molar-refractivity contribution in [1.29, 1.82) is 0 Å².